The van der Waals surface area contributed by atoms with Crippen LogP contribution in [0.5, 0.6) is 0 Å². The molecule has 4 aromatic rings. The normalized spacial score (nSPS) is 19.4. The minimum absolute atomic E-state index is 0.0544. The molecule has 2 fully saturated rings. The van der Waals surface area contributed by atoms with E-state index < -0.39 is 0 Å². The van der Waals surface area contributed by atoms with Crippen molar-refractivity contribution in [3.05, 3.63) is 120 Å². The fourth-order valence-corrected chi connectivity index (χ4v) is 6.80. The fourth-order valence-electron chi connectivity index (χ4n) is 6.80. The van der Waals surface area contributed by atoms with Gasteiger partial charge in [-0.25, -0.2) is 0 Å². The van der Waals surface area contributed by atoms with Gasteiger partial charge in [-0.1, -0.05) is 91.0 Å². The molecule has 228 valence electrons. The summed E-state index contributed by atoms with van der Waals surface area (Å²) in [5.74, 6) is 0.253. The first-order valence-electron chi connectivity index (χ1n) is 16.3. The first kappa shape index (κ1) is 30.0. The van der Waals surface area contributed by atoms with Crippen LogP contribution in [0.3, 0.4) is 0 Å². The Morgan fingerprint density at radius 1 is 0.795 bits per heavy atom. The lowest BCUT2D eigenvalue weighted by atomic mass is 9.90. The third kappa shape index (κ3) is 7.55. The van der Waals surface area contributed by atoms with E-state index in [4.69, 9.17) is 0 Å². The van der Waals surface area contributed by atoms with Crippen LogP contribution in [0, 0.1) is 0 Å². The van der Waals surface area contributed by atoms with Gasteiger partial charge >= 0.3 is 0 Å². The molecule has 2 N–H and O–H groups in total. The SMILES string of the molecule is O=C(NCCC1CCN(CC(c2ccccc2)c2ccccc2)C(=O)C(CCN2CCCC2)N1)c1ccc2ccccc2c1. The van der Waals surface area contributed by atoms with E-state index in [9.17, 15) is 9.59 Å². The van der Waals surface area contributed by atoms with Gasteiger partial charge in [0.2, 0.25) is 5.91 Å². The van der Waals surface area contributed by atoms with Crippen molar-refractivity contribution >= 4 is 22.6 Å². The quantitative estimate of drug-likeness (QED) is 0.231. The lowest BCUT2D eigenvalue weighted by Crippen LogP contribution is -2.48. The number of benzene rings is 4. The van der Waals surface area contributed by atoms with E-state index in [1.54, 1.807) is 0 Å². The zero-order valence-electron chi connectivity index (χ0n) is 25.5. The molecular weight excluding hydrogens is 544 g/mol. The van der Waals surface area contributed by atoms with Crippen molar-refractivity contribution in [2.75, 3.05) is 39.3 Å². The molecule has 2 atom stereocenters. The van der Waals surface area contributed by atoms with Crippen molar-refractivity contribution in [1.29, 1.82) is 0 Å². The fraction of sp³-hybridized carbons (Fsp3) is 0.368. The number of rotatable bonds is 11. The number of nitrogens with one attached hydrogen (secondary N) is 2. The van der Waals surface area contributed by atoms with Gasteiger partial charge in [-0.2, -0.15) is 0 Å². The van der Waals surface area contributed by atoms with Crippen LogP contribution in [0.1, 0.15) is 59.5 Å². The molecule has 2 amide bonds. The van der Waals surface area contributed by atoms with Gasteiger partial charge in [-0.15, -0.1) is 0 Å². The molecule has 6 nitrogen and oxygen atoms in total. The monoisotopic (exact) mass is 588 g/mol. The molecule has 6 heteroatoms. The molecular formula is C38H44N4O2. The Labute approximate surface area is 261 Å². The van der Waals surface area contributed by atoms with Crippen LogP contribution in [0.25, 0.3) is 10.8 Å². The molecule has 2 aliphatic heterocycles. The second-order valence-corrected chi connectivity index (χ2v) is 12.3. The maximum Gasteiger partial charge on any atom is 0.251 e. The van der Waals surface area contributed by atoms with Gasteiger partial charge in [0.15, 0.2) is 0 Å². The Bertz CT molecular complexity index is 1480. The summed E-state index contributed by atoms with van der Waals surface area (Å²) < 4.78 is 0. The highest BCUT2D eigenvalue weighted by Gasteiger charge is 2.33. The standard InChI is InChI=1S/C38H44N4O2/c43-37(33-18-17-29-11-7-8-16-32(29)27-33)39-22-19-34-20-26-42(38(44)36(40-34)21-25-41-23-9-10-24-41)28-35(30-12-3-1-4-13-30)31-14-5-2-6-15-31/h1-8,11-18,27,34-36,40H,9-10,19-26,28H2,(H,39,43). The number of hydrogen-bond donors (Lipinski definition) is 2. The molecule has 0 bridgehead atoms. The van der Waals surface area contributed by atoms with Crippen LogP contribution in [0.2, 0.25) is 0 Å². The summed E-state index contributed by atoms with van der Waals surface area (Å²) in [5.41, 5.74) is 3.13. The van der Waals surface area contributed by atoms with Crippen LogP contribution in [-0.4, -0.2) is 73.0 Å². The Morgan fingerprint density at radius 2 is 1.45 bits per heavy atom. The van der Waals surface area contributed by atoms with Crippen molar-refractivity contribution < 1.29 is 9.59 Å². The summed E-state index contributed by atoms with van der Waals surface area (Å²) in [6.45, 7) is 5.10. The summed E-state index contributed by atoms with van der Waals surface area (Å²) >= 11 is 0. The summed E-state index contributed by atoms with van der Waals surface area (Å²) in [5, 5.41) is 9.07. The summed E-state index contributed by atoms with van der Waals surface area (Å²) in [7, 11) is 0. The van der Waals surface area contributed by atoms with Crippen molar-refractivity contribution in [2.45, 2.75) is 50.1 Å². The number of carbonyl (C=O) groups is 2. The molecule has 0 spiro atoms. The first-order valence-corrected chi connectivity index (χ1v) is 16.3. The predicted molar refractivity (Wildman–Crippen MR) is 178 cm³/mol. The minimum Gasteiger partial charge on any atom is -0.352 e. The predicted octanol–water partition coefficient (Wildman–Crippen LogP) is 5.84. The number of fused-ring (bicyclic) bond motifs is 1. The molecule has 2 unspecified atom stereocenters. The van der Waals surface area contributed by atoms with Crippen LogP contribution in [0.4, 0.5) is 0 Å². The van der Waals surface area contributed by atoms with Gasteiger partial charge in [-0.3, -0.25) is 9.59 Å². The van der Waals surface area contributed by atoms with E-state index in [0.29, 0.717) is 25.2 Å². The number of hydrogen-bond acceptors (Lipinski definition) is 4. The van der Waals surface area contributed by atoms with Crippen molar-refractivity contribution in [2.24, 2.45) is 0 Å². The molecule has 0 saturated carbocycles. The second-order valence-electron chi connectivity index (χ2n) is 12.3. The molecule has 2 heterocycles. The van der Waals surface area contributed by atoms with Crippen molar-refractivity contribution in [3.8, 4) is 0 Å². The maximum atomic E-state index is 14.1. The highest BCUT2D eigenvalue weighted by Crippen LogP contribution is 2.27. The average molecular weight is 589 g/mol. The number of carbonyl (C=O) groups excluding carboxylic acids is 2. The lowest BCUT2D eigenvalue weighted by Gasteiger charge is -2.30. The third-order valence-electron chi connectivity index (χ3n) is 9.32. The highest BCUT2D eigenvalue weighted by molar-refractivity contribution is 5.98. The largest absolute Gasteiger partial charge is 0.352 e. The summed E-state index contributed by atoms with van der Waals surface area (Å²) in [6.07, 6.45) is 4.92. The smallest absolute Gasteiger partial charge is 0.251 e. The zero-order valence-corrected chi connectivity index (χ0v) is 25.5. The van der Waals surface area contributed by atoms with E-state index in [1.807, 2.05) is 48.5 Å². The maximum absolute atomic E-state index is 14.1. The average Bonchev–Trinajstić information content (AvgIpc) is 3.55. The summed E-state index contributed by atoms with van der Waals surface area (Å²) in [6, 6.07) is 35.0. The molecule has 2 saturated heterocycles. The van der Waals surface area contributed by atoms with Gasteiger partial charge in [0.1, 0.15) is 0 Å². The van der Waals surface area contributed by atoms with Gasteiger partial charge in [-0.05, 0) is 79.2 Å². The molecule has 0 aliphatic carbocycles. The molecule has 6 rings (SSSR count). The van der Waals surface area contributed by atoms with E-state index in [2.05, 4.69) is 75.0 Å². The molecule has 44 heavy (non-hydrogen) atoms. The number of likely N-dealkylation sites (tertiary alicyclic amines) is 1. The van der Waals surface area contributed by atoms with Crippen LogP contribution >= 0.6 is 0 Å². The van der Waals surface area contributed by atoms with Crippen molar-refractivity contribution in [3.63, 3.8) is 0 Å². The Morgan fingerprint density at radius 3 is 2.16 bits per heavy atom. The minimum atomic E-state index is -0.230. The van der Waals surface area contributed by atoms with Gasteiger partial charge in [0, 0.05) is 43.7 Å². The zero-order chi connectivity index (χ0) is 30.1. The van der Waals surface area contributed by atoms with Crippen molar-refractivity contribution in [1.82, 2.24) is 20.4 Å². The Kier molecular flexibility index (Phi) is 10.0. The van der Waals surface area contributed by atoms with Crippen LogP contribution in [0.15, 0.2) is 103 Å². The number of nitrogens with zero attached hydrogens (tertiary/aromatic N) is 2. The lowest BCUT2D eigenvalue weighted by molar-refractivity contribution is -0.133. The van der Waals surface area contributed by atoms with Crippen LogP contribution in [-0.2, 0) is 4.79 Å². The molecule has 2 aliphatic rings. The van der Waals surface area contributed by atoms with Gasteiger partial charge < -0.3 is 20.4 Å². The molecule has 4 aromatic carbocycles. The topological polar surface area (TPSA) is 64.7 Å². The summed E-state index contributed by atoms with van der Waals surface area (Å²) in [4.78, 5) is 31.7. The third-order valence-corrected chi connectivity index (χ3v) is 9.32. The van der Waals surface area contributed by atoms with E-state index in [-0.39, 0.29) is 29.8 Å². The van der Waals surface area contributed by atoms with Gasteiger partial charge in [0.25, 0.3) is 5.91 Å². The molecule has 0 radical (unpaired) electrons. The van der Waals surface area contributed by atoms with E-state index in [0.717, 1.165) is 49.7 Å². The first-order chi connectivity index (χ1) is 21.6. The van der Waals surface area contributed by atoms with E-state index in [1.165, 1.54) is 24.0 Å². The highest BCUT2D eigenvalue weighted by atomic mass is 16.2. The Hall–Kier alpha value is -4.00. The second kappa shape index (κ2) is 14.7. The molecule has 0 aromatic heterocycles. The van der Waals surface area contributed by atoms with Gasteiger partial charge in [0.05, 0.1) is 6.04 Å². The van der Waals surface area contributed by atoms with Crippen LogP contribution < -0.4 is 10.6 Å². The Balaban J connectivity index is 1.14. The number of amides is 2. The van der Waals surface area contributed by atoms with E-state index >= 15 is 0 Å².